The lowest BCUT2D eigenvalue weighted by atomic mass is 10.0. The fourth-order valence-corrected chi connectivity index (χ4v) is 5.21. The number of rotatable bonds is 34. The summed E-state index contributed by atoms with van der Waals surface area (Å²) >= 11 is 0. The van der Waals surface area contributed by atoms with Gasteiger partial charge in [0.25, 0.3) is 0 Å². The predicted molar refractivity (Wildman–Crippen MR) is 197 cm³/mol. The molecule has 0 spiro atoms. The summed E-state index contributed by atoms with van der Waals surface area (Å²) in [6, 6.07) is 0. The summed E-state index contributed by atoms with van der Waals surface area (Å²) in [5, 5.41) is 19.3. The number of carbonyl (C=O) groups is 2. The van der Waals surface area contributed by atoms with Crippen molar-refractivity contribution in [1.82, 2.24) is 0 Å². The Balaban J connectivity index is 3.69. The molecule has 47 heavy (non-hydrogen) atoms. The highest BCUT2D eigenvalue weighted by Crippen LogP contribution is 2.14. The SMILES string of the molecule is CCCCCCCCCCCCCCCCCC(=O)OC[C@H](CO)OC(=O)CCC/C=C\C/C=C\C/C=C\C/C=C\[C@H](O)CCCC. The maximum absolute atomic E-state index is 12.1. The number of esters is 2. The van der Waals surface area contributed by atoms with Crippen LogP contribution in [-0.4, -0.2) is 47.6 Å². The Kier molecular flexibility index (Phi) is 35.0. The second-order valence-corrected chi connectivity index (χ2v) is 12.8. The molecule has 0 radical (unpaired) electrons. The molecule has 0 bridgehead atoms. The fourth-order valence-electron chi connectivity index (χ4n) is 5.21. The number of ether oxygens (including phenoxy) is 2. The Labute approximate surface area is 289 Å². The molecule has 272 valence electrons. The molecule has 0 amide bonds. The minimum Gasteiger partial charge on any atom is -0.462 e. The van der Waals surface area contributed by atoms with E-state index in [9.17, 15) is 19.8 Å². The van der Waals surface area contributed by atoms with E-state index in [2.05, 4.69) is 50.3 Å². The van der Waals surface area contributed by atoms with Crippen molar-refractivity contribution >= 4 is 11.9 Å². The van der Waals surface area contributed by atoms with Gasteiger partial charge >= 0.3 is 11.9 Å². The van der Waals surface area contributed by atoms with Gasteiger partial charge < -0.3 is 19.7 Å². The summed E-state index contributed by atoms with van der Waals surface area (Å²) in [4.78, 5) is 24.2. The van der Waals surface area contributed by atoms with Crippen molar-refractivity contribution in [3.05, 3.63) is 48.6 Å². The molecule has 0 rings (SSSR count). The molecule has 0 heterocycles. The Bertz CT molecular complexity index is 815. The zero-order chi connectivity index (χ0) is 34.5. The summed E-state index contributed by atoms with van der Waals surface area (Å²) in [5.41, 5.74) is 0. The summed E-state index contributed by atoms with van der Waals surface area (Å²) in [7, 11) is 0. The van der Waals surface area contributed by atoms with E-state index in [1.807, 2.05) is 12.2 Å². The molecule has 0 aliphatic rings. The standard InChI is InChI=1S/C41H72O6/c1-3-5-7-8-9-10-11-12-13-14-18-21-24-27-30-34-40(44)46-37-39(36-42)47-41(45)35-31-28-25-22-19-16-15-17-20-23-26-29-33-38(43)32-6-4-2/h15-16,20,22-23,25,29,33,38-39,42-43H,3-14,17-19,21,24,26-28,30-32,34-37H2,1-2H3/b16-15-,23-20-,25-22-,33-29-/t38-,39+/m1/s1. The number of aliphatic hydroxyl groups is 2. The third kappa shape index (κ3) is 35.0. The predicted octanol–water partition coefficient (Wildman–Crippen LogP) is 10.8. The zero-order valence-corrected chi connectivity index (χ0v) is 30.4. The van der Waals surface area contributed by atoms with Crippen LogP contribution in [-0.2, 0) is 19.1 Å². The van der Waals surface area contributed by atoms with Crippen molar-refractivity contribution in [3.63, 3.8) is 0 Å². The molecule has 6 nitrogen and oxygen atoms in total. The van der Waals surface area contributed by atoms with Crippen molar-refractivity contribution in [1.29, 1.82) is 0 Å². The van der Waals surface area contributed by atoms with Crippen LogP contribution in [0.3, 0.4) is 0 Å². The molecule has 0 aromatic carbocycles. The molecule has 2 atom stereocenters. The maximum Gasteiger partial charge on any atom is 0.306 e. The molecule has 0 aliphatic carbocycles. The minimum absolute atomic E-state index is 0.0971. The third-order valence-corrected chi connectivity index (χ3v) is 8.20. The summed E-state index contributed by atoms with van der Waals surface area (Å²) < 4.78 is 10.5. The highest BCUT2D eigenvalue weighted by molar-refractivity contribution is 5.70. The van der Waals surface area contributed by atoms with Crippen LogP contribution in [0.2, 0.25) is 0 Å². The van der Waals surface area contributed by atoms with Crippen LogP contribution in [0.4, 0.5) is 0 Å². The van der Waals surface area contributed by atoms with Crippen molar-refractivity contribution in [2.75, 3.05) is 13.2 Å². The van der Waals surface area contributed by atoms with Crippen molar-refractivity contribution in [2.45, 2.75) is 187 Å². The van der Waals surface area contributed by atoms with Crippen molar-refractivity contribution in [2.24, 2.45) is 0 Å². The molecule has 6 heteroatoms. The Hall–Kier alpha value is -2.18. The first-order valence-electron chi connectivity index (χ1n) is 19.3. The largest absolute Gasteiger partial charge is 0.462 e. The number of carbonyl (C=O) groups excluding carboxylic acids is 2. The number of unbranched alkanes of at least 4 members (excludes halogenated alkanes) is 16. The molecule has 0 saturated carbocycles. The van der Waals surface area contributed by atoms with Crippen LogP contribution in [0.25, 0.3) is 0 Å². The highest BCUT2D eigenvalue weighted by Gasteiger charge is 2.16. The molecule has 0 unspecified atom stereocenters. The highest BCUT2D eigenvalue weighted by atomic mass is 16.6. The van der Waals surface area contributed by atoms with Gasteiger partial charge in [0.15, 0.2) is 6.10 Å². The van der Waals surface area contributed by atoms with E-state index in [-0.39, 0.29) is 37.7 Å². The topological polar surface area (TPSA) is 93.1 Å². The van der Waals surface area contributed by atoms with Gasteiger partial charge in [-0.15, -0.1) is 0 Å². The average Bonchev–Trinajstić information content (AvgIpc) is 3.07. The van der Waals surface area contributed by atoms with E-state index in [0.29, 0.717) is 12.8 Å². The van der Waals surface area contributed by atoms with E-state index < -0.39 is 6.10 Å². The van der Waals surface area contributed by atoms with Crippen LogP contribution in [0.15, 0.2) is 48.6 Å². The molecule has 0 fully saturated rings. The average molecular weight is 661 g/mol. The Morgan fingerprint density at radius 1 is 0.574 bits per heavy atom. The number of hydrogen-bond donors (Lipinski definition) is 2. The molecule has 2 N–H and O–H groups in total. The van der Waals surface area contributed by atoms with Crippen LogP contribution in [0, 0.1) is 0 Å². The quantitative estimate of drug-likeness (QED) is 0.0405. The molecule has 0 aromatic heterocycles. The van der Waals surface area contributed by atoms with Gasteiger partial charge in [-0.1, -0.05) is 165 Å². The van der Waals surface area contributed by atoms with Gasteiger partial charge in [-0.2, -0.15) is 0 Å². The smallest absolute Gasteiger partial charge is 0.306 e. The number of aliphatic hydroxyl groups excluding tert-OH is 2. The van der Waals surface area contributed by atoms with E-state index in [1.165, 1.54) is 77.0 Å². The lowest BCUT2D eigenvalue weighted by Crippen LogP contribution is -2.28. The van der Waals surface area contributed by atoms with Gasteiger partial charge in [-0.3, -0.25) is 9.59 Å². The lowest BCUT2D eigenvalue weighted by molar-refractivity contribution is -0.161. The first-order valence-corrected chi connectivity index (χ1v) is 19.3. The Morgan fingerprint density at radius 3 is 1.57 bits per heavy atom. The van der Waals surface area contributed by atoms with Gasteiger partial charge in [0.1, 0.15) is 6.61 Å². The van der Waals surface area contributed by atoms with Crippen LogP contribution < -0.4 is 0 Å². The first-order chi connectivity index (χ1) is 23.0. The number of hydrogen-bond acceptors (Lipinski definition) is 6. The third-order valence-electron chi connectivity index (χ3n) is 8.20. The fraction of sp³-hybridized carbons (Fsp3) is 0.756. The van der Waals surface area contributed by atoms with Gasteiger partial charge in [0.05, 0.1) is 12.7 Å². The van der Waals surface area contributed by atoms with Crippen LogP contribution >= 0.6 is 0 Å². The molecule has 0 saturated heterocycles. The Morgan fingerprint density at radius 2 is 1.04 bits per heavy atom. The number of allylic oxidation sites excluding steroid dienone is 7. The monoisotopic (exact) mass is 661 g/mol. The van der Waals surface area contributed by atoms with Crippen LogP contribution in [0.1, 0.15) is 174 Å². The van der Waals surface area contributed by atoms with E-state index >= 15 is 0 Å². The second-order valence-electron chi connectivity index (χ2n) is 12.8. The molecular weight excluding hydrogens is 588 g/mol. The summed E-state index contributed by atoms with van der Waals surface area (Å²) in [6.07, 6.45) is 42.2. The van der Waals surface area contributed by atoms with Crippen molar-refractivity contribution < 1.29 is 29.3 Å². The normalized spacial score (nSPS) is 13.4. The molecule has 0 aromatic rings. The second kappa shape index (κ2) is 36.7. The maximum atomic E-state index is 12.1. The molecule has 0 aliphatic heterocycles. The molecular formula is C41H72O6. The first kappa shape index (κ1) is 44.8. The minimum atomic E-state index is -0.810. The van der Waals surface area contributed by atoms with Gasteiger partial charge in [0, 0.05) is 12.8 Å². The van der Waals surface area contributed by atoms with E-state index in [1.54, 1.807) is 0 Å². The summed E-state index contributed by atoms with van der Waals surface area (Å²) in [5.74, 6) is -0.677. The summed E-state index contributed by atoms with van der Waals surface area (Å²) in [6.45, 7) is 3.93. The van der Waals surface area contributed by atoms with E-state index in [0.717, 1.165) is 64.2 Å². The van der Waals surface area contributed by atoms with E-state index in [4.69, 9.17) is 9.47 Å². The van der Waals surface area contributed by atoms with Gasteiger partial charge in [-0.05, 0) is 44.9 Å². The van der Waals surface area contributed by atoms with Crippen LogP contribution in [0.5, 0.6) is 0 Å². The van der Waals surface area contributed by atoms with Gasteiger partial charge in [-0.25, -0.2) is 0 Å². The van der Waals surface area contributed by atoms with Crippen molar-refractivity contribution in [3.8, 4) is 0 Å². The zero-order valence-electron chi connectivity index (χ0n) is 30.4. The lowest BCUT2D eigenvalue weighted by Gasteiger charge is -2.15. The van der Waals surface area contributed by atoms with Gasteiger partial charge in [0.2, 0.25) is 0 Å².